The van der Waals surface area contributed by atoms with Crippen molar-refractivity contribution >= 4 is 23.2 Å². The lowest BCUT2D eigenvalue weighted by Gasteiger charge is -2.17. The lowest BCUT2D eigenvalue weighted by atomic mass is 10.1. The van der Waals surface area contributed by atoms with Crippen LogP contribution in [0.15, 0.2) is 78.9 Å². The van der Waals surface area contributed by atoms with Gasteiger partial charge in [-0.1, -0.05) is 60.2 Å². The number of nitrogens with one attached hydrogen (secondary N) is 2. The molecule has 0 radical (unpaired) electrons. The maximum atomic E-state index is 12.6. The van der Waals surface area contributed by atoms with Crippen LogP contribution in [-0.2, 0) is 11.3 Å². The fourth-order valence-corrected chi connectivity index (χ4v) is 3.01. The Morgan fingerprint density at radius 1 is 0.828 bits per heavy atom. The molecule has 148 valence electrons. The van der Waals surface area contributed by atoms with Crippen LogP contribution in [-0.4, -0.2) is 30.3 Å². The predicted octanol–water partition coefficient (Wildman–Crippen LogP) is 4.32. The van der Waals surface area contributed by atoms with Gasteiger partial charge in [0.15, 0.2) is 0 Å². The molecule has 2 N–H and O–H groups in total. The second-order valence-corrected chi connectivity index (χ2v) is 7.07. The highest BCUT2D eigenvalue weighted by molar-refractivity contribution is 6.10. The lowest BCUT2D eigenvalue weighted by molar-refractivity contribution is -0.117. The molecule has 3 aromatic carbocycles. The number of aryl methyl sites for hydroxylation is 1. The number of nitrogens with zero attached hydrogens (tertiary/aromatic N) is 1. The van der Waals surface area contributed by atoms with Gasteiger partial charge < -0.3 is 10.6 Å². The van der Waals surface area contributed by atoms with Gasteiger partial charge in [0.05, 0.1) is 17.8 Å². The number of amides is 2. The molecule has 0 unspecified atom stereocenters. The number of likely N-dealkylation sites (N-methyl/N-ethyl adjacent to an activating group) is 1. The van der Waals surface area contributed by atoms with Crippen molar-refractivity contribution in [3.8, 4) is 0 Å². The summed E-state index contributed by atoms with van der Waals surface area (Å²) >= 11 is 0. The molecule has 0 heterocycles. The van der Waals surface area contributed by atoms with Crippen LogP contribution >= 0.6 is 0 Å². The zero-order valence-electron chi connectivity index (χ0n) is 16.7. The average molecular weight is 387 g/mol. The zero-order chi connectivity index (χ0) is 20.6. The van der Waals surface area contributed by atoms with Gasteiger partial charge in [0, 0.05) is 12.2 Å². The third kappa shape index (κ3) is 6.02. The minimum atomic E-state index is -0.264. The van der Waals surface area contributed by atoms with Crippen molar-refractivity contribution in [3.05, 3.63) is 95.6 Å². The Kier molecular flexibility index (Phi) is 6.76. The van der Waals surface area contributed by atoms with Gasteiger partial charge in [-0.2, -0.15) is 0 Å². The number of para-hydroxylation sites is 2. The molecule has 0 atom stereocenters. The topological polar surface area (TPSA) is 61.4 Å². The van der Waals surface area contributed by atoms with Crippen molar-refractivity contribution in [2.75, 3.05) is 24.2 Å². The quantitative estimate of drug-likeness (QED) is 0.635. The number of benzene rings is 3. The summed E-state index contributed by atoms with van der Waals surface area (Å²) in [5.41, 5.74) is 3.98. The fraction of sp³-hybridized carbons (Fsp3) is 0.167. The number of anilines is 2. The van der Waals surface area contributed by atoms with Crippen LogP contribution in [0.3, 0.4) is 0 Å². The Bertz CT molecular complexity index is 969. The molecule has 0 aromatic heterocycles. The van der Waals surface area contributed by atoms with Gasteiger partial charge >= 0.3 is 0 Å². The Morgan fingerprint density at radius 2 is 1.48 bits per heavy atom. The molecule has 5 nitrogen and oxygen atoms in total. The second-order valence-electron chi connectivity index (χ2n) is 7.07. The van der Waals surface area contributed by atoms with Gasteiger partial charge in [-0.3, -0.25) is 14.5 Å². The monoisotopic (exact) mass is 387 g/mol. The number of hydrogen-bond acceptors (Lipinski definition) is 3. The maximum absolute atomic E-state index is 12.6. The third-order valence-corrected chi connectivity index (χ3v) is 4.46. The highest BCUT2D eigenvalue weighted by atomic mass is 16.2. The average Bonchev–Trinajstić information content (AvgIpc) is 2.70. The van der Waals surface area contributed by atoms with E-state index in [2.05, 4.69) is 34.9 Å². The van der Waals surface area contributed by atoms with E-state index in [1.165, 1.54) is 5.56 Å². The molecular formula is C24H25N3O2. The molecule has 0 spiro atoms. The summed E-state index contributed by atoms with van der Waals surface area (Å²) in [5.74, 6) is -0.431. The zero-order valence-corrected chi connectivity index (χ0v) is 16.7. The second kappa shape index (κ2) is 9.66. The first-order valence-electron chi connectivity index (χ1n) is 9.50. The van der Waals surface area contributed by atoms with Crippen molar-refractivity contribution in [2.24, 2.45) is 0 Å². The van der Waals surface area contributed by atoms with Gasteiger partial charge in [0.2, 0.25) is 5.91 Å². The molecule has 3 aromatic rings. The molecule has 29 heavy (non-hydrogen) atoms. The lowest BCUT2D eigenvalue weighted by Crippen LogP contribution is -2.30. The maximum Gasteiger partial charge on any atom is 0.257 e. The van der Waals surface area contributed by atoms with E-state index in [1.54, 1.807) is 24.3 Å². The van der Waals surface area contributed by atoms with Gasteiger partial charge in [-0.15, -0.1) is 0 Å². The Morgan fingerprint density at radius 3 is 2.21 bits per heavy atom. The normalized spacial score (nSPS) is 10.6. The highest BCUT2D eigenvalue weighted by Crippen LogP contribution is 2.17. The van der Waals surface area contributed by atoms with E-state index >= 15 is 0 Å². The molecule has 3 rings (SSSR count). The van der Waals surface area contributed by atoms with E-state index in [0.29, 0.717) is 23.5 Å². The first kappa shape index (κ1) is 20.3. The molecule has 0 saturated carbocycles. The summed E-state index contributed by atoms with van der Waals surface area (Å²) in [6.45, 7) is 2.94. The molecule has 2 amide bonds. The Hall–Kier alpha value is -3.44. The molecule has 0 bridgehead atoms. The van der Waals surface area contributed by atoms with Crippen LogP contribution in [0.2, 0.25) is 0 Å². The van der Waals surface area contributed by atoms with E-state index in [9.17, 15) is 9.59 Å². The summed E-state index contributed by atoms with van der Waals surface area (Å²) in [6, 6.07) is 24.5. The van der Waals surface area contributed by atoms with Gasteiger partial charge in [-0.25, -0.2) is 0 Å². The van der Waals surface area contributed by atoms with E-state index in [4.69, 9.17) is 0 Å². The van der Waals surface area contributed by atoms with Crippen LogP contribution < -0.4 is 10.6 Å². The largest absolute Gasteiger partial charge is 0.324 e. The summed E-state index contributed by atoms with van der Waals surface area (Å²) in [4.78, 5) is 27.1. The molecule has 0 aliphatic heterocycles. The van der Waals surface area contributed by atoms with Crippen LogP contribution in [0.25, 0.3) is 0 Å². The molecule has 0 fully saturated rings. The van der Waals surface area contributed by atoms with Crippen molar-refractivity contribution in [1.29, 1.82) is 0 Å². The van der Waals surface area contributed by atoms with Crippen LogP contribution in [0.1, 0.15) is 21.5 Å². The SMILES string of the molecule is Cc1ccc(CN(C)CC(=O)Nc2ccccc2C(=O)Nc2ccccc2)cc1. The Balaban J connectivity index is 1.61. The summed E-state index contributed by atoms with van der Waals surface area (Å²) < 4.78 is 0. The van der Waals surface area contributed by atoms with Gasteiger partial charge in [0.1, 0.15) is 0 Å². The van der Waals surface area contributed by atoms with Crippen LogP contribution in [0.4, 0.5) is 11.4 Å². The number of hydrogen-bond donors (Lipinski definition) is 2. The smallest absolute Gasteiger partial charge is 0.257 e. The first-order chi connectivity index (χ1) is 14.0. The van der Waals surface area contributed by atoms with E-state index in [-0.39, 0.29) is 18.4 Å². The van der Waals surface area contributed by atoms with Crippen molar-refractivity contribution in [2.45, 2.75) is 13.5 Å². The molecule has 5 heteroatoms. The highest BCUT2D eigenvalue weighted by Gasteiger charge is 2.14. The number of rotatable bonds is 7. The molecule has 0 aliphatic rings. The van der Waals surface area contributed by atoms with E-state index < -0.39 is 0 Å². The minimum absolute atomic E-state index is 0.167. The molecule has 0 aliphatic carbocycles. The third-order valence-electron chi connectivity index (χ3n) is 4.46. The van der Waals surface area contributed by atoms with E-state index in [0.717, 1.165) is 5.56 Å². The van der Waals surface area contributed by atoms with Gasteiger partial charge in [-0.05, 0) is 43.8 Å². The van der Waals surface area contributed by atoms with Crippen LogP contribution in [0.5, 0.6) is 0 Å². The fourth-order valence-electron chi connectivity index (χ4n) is 3.01. The molecule has 0 saturated heterocycles. The predicted molar refractivity (Wildman–Crippen MR) is 117 cm³/mol. The van der Waals surface area contributed by atoms with E-state index in [1.807, 2.05) is 49.2 Å². The van der Waals surface area contributed by atoms with Crippen molar-refractivity contribution in [1.82, 2.24) is 4.90 Å². The van der Waals surface area contributed by atoms with Gasteiger partial charge in [0.25, 0.3) is 5.91 Å². The number of carbonyl (C=O) groups is 2. The van der Waals surface area contributed by atoms with Crippen molar-refractivity contribution in [3.63, 3.8) is 0 Å². The summed E-state index contributed by atoms with van der Waals surface area (Å²) in [5, 5.41) is 5.71. The summed E-state index contributed by atoms with van der Waals surface area (Å²) in [7, 11) is 1.90. The van der Waals surface area contributed by atoms with Crippen molar-refractivity contribution < 1.29 is 9.59 Å². The Labute approximate surface area is 171 Å². The number of carbonyl (C=O) groups excluding carboxylic acids is 2. The standard InChI is InChI=1S/C24H25N3O2/c1-18-12-14-19(15-13-18)16-27(2)17-23(28)26-22-11-7-6-10-21(22)24(29)25-20-8-4-3-5-9-20/h3-15H,16-17H2,1-2H3,(H,25,29)(H,26,28). The minimum Gasteiger partial charge on any atom is -0.324 e. The molecular weight excluding hydrogens is 362 g/mol. The van der Waals surface area contributed by atoms with Crippen LogP contribution in [0, 0.1) is 6.92 Å². The summed E-state index contributed by atoms with van der Waals surface area (Å²) in [6.07, 6.45) is 0. The first-order valence-corrected chi connectivity index (χ1v) is 9.50.